The summed E-state index contributed by atoms with van der Waals surface area (Å²) in [4.78, 5) is 44.6. The number of H-pyrrole nitrogens is 1. The summed E-state index contributed by atoms with van der Waals surface area (Å²) in [5.74, 6) is -0.545. The minimum absolute atomic E-state index is 0.0201. The van der Waals surface area contributed by atoms with Crippen LogP contribution in [0.4, 0.5) is 24.5 Å². The van der Waals surface area contributed by atoms with Gasteiger partial charge >= 0.3 is 6.18 Å². The number of hydrogen-bond acceptors (Lipinski definition) is 4. The molecule has 0 aliphatic heterocycles. The standard InChI is InChI=1S/C23H19F3N4O3/c1-12-18(22(33)30-19(27-12)13-8-9-13)21(32)29-16-6-2-4-14(10-16)20(31)28-17-7-3-5-15(11-17)23(24,25)26/h2-7,10-11,13H,8-9H2,1H3,(H,28,31)(H,29,32)(H,27,30,33). The van der Waals surface area contributed by atoms with Gasteiger partial charge in [0.1, 0.15) is 11.4 Å². The summed E-state index contributed by atoms with van der Waals surface area (Å²) < 4.78 is 38.6. The molecule has 1 aliphatic carbocycles. The summed E-state index contributed by atoms with van der Waals surface area (Å²) in [7, 11) is 0. The predicted octanol–water partition coefficient (Wildman–Crippen LogP) is 4.48. The number of nitrogens with zero attached hydrogens (tertiary/aromatic N) is 1. The van der Waals surface area contributed by atoms with Gasteiger partial charge in [0.2, 0.25) is 0 Å². The van der Waals surface area contributed by atoms with E-state index in [1.807, 2.05) is 0 Å². The quantitative estimate of drug-likeness (QED) is 0.527. The summed E-state index contributed by atoms with van der Waals surface area (Å²) in [6.07, 6.45) is -2.64. The number of alkyl halides is 3. The second kappa shape index (κ2) is 8.53. The Balaban J connectivity index is 1.50. The largest absolute Gasteiger partial charge is 0.416 e. The van der Waals surface area contributed by atoms with Gasteiger partial charge in [-0.3, -0.25) is 14.4 Å². The van der Waals surface area contributed by atoms with Crippen LogP contribution in [0.1, 0.15) is 56.6 Å². The number of aryl methyl sites for hydroxylation is 1. The van der Waals surface area contributed by atoms with Crippen LogP contribution in [0.25, 0.3) is 0 Å². The highest BCUT2D eigenvalue weighted by atomic mass is 19.4. The number of carbonyl (C=O) groups excluding carboxylic acids is 2. The highest BCUT2D eigenvalue weighted by Crippen LogP contribution is 2.37. The number of aromatic amines is 1. The third-order valence-corrected chi connectivity index (χ3v) is 5.14. The van der Waals surface area contributed by atoms with Crippen LogP contribution >= 0.6 is 0 Å². The zero-order valence-corrected chi connectivity index (χ0v) is 17.4. The molecule has 0 saturated heterocycles. The molecule has 0 spiro atoms. The molecule has 0 radical (unpaired) electrons. The number of halogens is 3. The van der Waals surface area contributed by atoms with E-state index in [2.05, 4.69) is 20.6 Å². The molecule has 1 saturated carbocycles. The minimum Gasteiger partial charge on any atom is -0.322 e. The number of carbonyl (C=O) groups is 2. The van der Waals surface area contributed by atoms with E-state index in [4.69, 9.17) is 0 Å². The molecule has 10 heteroatoms. The maximum Gasteiger partial charge on any atom is 0.416 e. The first-order valence-corrected chi connectivity index (χ1v) is 10.1. The number of aromatic nitrogens is 2. The van der Waals surface area contributed by atoms with Gasteiger partial charge in [-0.25, -0.2) is 4.98 Å². The fraction of sp³-hybridized carbons (Fsp3) is 0.217. The van der Waals surface area contributed by atoms with Gasteiger partial charge < -0.3 is 15.6 Å². The van der Waals surface area contributed by atoms with Crippen LogP contribution in [-0.2, 0) is 6.18 Å². The molecule has 1 aromatic heterocycles. The topological polar surface area (TPSA) is 104 Å². The Hall–Kier alpha value is -3.95. The van der Waals surface area contributed by atoms with Gasteiger partial charge in [0, 0.05) is 22.9 Å². The van der Waals surface area contributed by atoms with Gasteiger partial charge in [0.05, 0.1) is 11.3 Å². The first kappa shape index (κ1) is 22.3. The van der Waals surface area contributed by atoms with Crippen molar-refractivity contribution in [3.8, 4) is 0 Å². The van der Waals surface area contributed by atoms with E-state index >= 15 is 0 Å². The fourth-order valence-corrected chi connectivity index (χ4v) is 3.33. The lowest BCUT2D eigenvalue weighted by molar-refractivity contribution is -0.137. The van der Waals surface area contributed by atoms with Gasteiger partial charge in [-0.2, -0.15) is 13.2 Å². The van der Waals surface area contributed by atoms with Crippen LogP contribution in [0.3, 0.4) is 0 Å². The number of hydrogen-bond donors (Lipinski definition) is 3. The molecule has 0 unspecified atom stereocenters. The lowest BCUT2D eigenvalue weighted by Gasteiger charge is -2.11. The minimum atomic E-state index is -4.54. The molecule has 1 fully saturated rings. The van der Waals surface area contributed by atoms with Gasteiger partial charge in [-0.1, -0.05) is 12.1 Å². The average Bonchev–Trinajstić information content (AvgIpc) is 3.58. The van der Waals surface area contributed by atoms with Crippen molar-refractivity contribution in [3.05, 3.63) is 87.1 Å². The maximum absolute atomic E-state index is 12.9. The monoisotopic (exact) mass is 456 g/mol. The third-order valence-electron chi connectivity index (χ3n) is 5.14. The second-order valence-corrected chi connectivity index (χ2v) is 7.75. The molecule has 7 nitrogen and oxygen atoms in total. The van der Waals surface area contributed by atoms with Crippen molar-refractivity contribution in [2.24, 2.45) is 0 Å². The summed E-state index contributed by atoms with van der Waals surface area (Å²) in [5, 5.41) is 4.97. The smallest absolute Gasteiger partial charge is 0.322 e. The van der Waals surface area contributed by atoms with Crippen molar-refractivity contribution in [3.63, 3.8) is 0 Å². The Morgan fingerprint density at radius 2 is 1.64 bits per heavy atom. The first-order valence-electron chi connectivity index (χ1n) is 10.1. The third kappa shape index (κ3) is 5.11. The Kier molecular flexibility index (Phi) is 5.75. The Morgan fingerprint density at radius 1 is 1.00 bits per heavy atom. The van der Waals surface area contributed by atoms with Crippen LogP contribution in [0.15, 0.2) is 53.3 Å². The maximum atomic E-state index is 12.9. The zero-order valence-electron chi connectivity index (χ0n) is 17.4. The van der Waals surface area contributed by atoms with Crippen molar-refractivity contribution < 1.29 is 22.8 Å². The second-order valence-electron chi connectivity index (χ2n) is 7.75. The Labute approximate surface area is 186 Å². The lowest BCUT2D eigenvalue weighted by atomic mass is 10.1. The molecule has 0 atom stereocenters. The van der Waals surface area contributed by atoms with Crippen molar-refractivity contribution in [2.75, 3.05) is 10.6 Å². The van der Waals surface area contributed by atoms with E-state index < -0.39 is 29.1 Å². The van der Waals surface area contributed by atoms with Crippen LogP contribution < -0.4 is 16.2 Å². The average molecular weight is 456 g/mol. The molecule has 2 amide bonds. The van der Waals surface area contributed by atoms with E-state index in [0.717, 1.165) is 25.0 Å². The van der Waals surface area contributed by atoms with E-state index in [1.54, 1.807) is 6.92 Å². The summed E-state index contributed by atoms with van der Waals surface area (Å²) in [6, 6.07) is 10.1. The van der Waals surface area contributed by atoms with E-state index in [0.29, 0.717) is 11.5 Å². The molecule has 0 bridgehead atoms. The number of rotatable bonds is 5. The normalized spacial score (nSPS) is 13.5. The number of benzene rings is 2. The molecule has 3 aromatic rings. The van der Waals surface area contributed by atoms with Crippen LogP contribution in [0, 0.1) is 6.92 Å². The fourth-order valence-electron chi connectivity index (χ4n) is 3.33. The number of nitrogens with one attached hydrogen (secondary N) is 3. The SMILES string of the molecule is Cc1nc(C2CC2)[nH]c(=O)c1C(=O)Nc1cccc(C(=O)Nc2cccc(C(F)(F)F)c2)c1. The number of amides is 2. The highest BCUT2D eigenvalue weighted by Gasteiger charge is 2.30. The number of anilines is 2. The van der Waals surface area contributed by atoms with Crippen molar-refractivity contribution in [1.29, 1.82) is 0 Å². The van der Waals surface area contributed by atoms with Crippen molar-refractivity contribution in [2.45, 2.75) is 31.9 Å². The van der Waals surface area contributed by atoms with Gasteiger partial charge in [-0.15, -0.1) is 0 Å². The van der Waals surface area contributed by atoms with Crippen molar-refractivity contribution in [1.82, 2.24) is 9.97 Å². The molecular formula is C23H19F3N4O3. The molecule has 1 aliphatic rings. The summed E-state index contributed by atoms with van der Waals surface area (Å²) in [6.45, 7) is 1.58. The van der Waals surface area contributed by atoms with Gasteiger partial charge in [0.25, 0.3) is 17.4 Å². The molecule has 1 heterocycles. The summed E-state index contributed by atoms with van der Waals surface area (Å²) in [5.41, 5.74) is -0.925. The van der Waals surface area contributed by atoms with Gasteiger partial charge in [-0.05, 0) is 56.2 Å². The zero-order chi connectivity index (χ0) is 23.8. The van der Waals surface area contributed by atoms with Crippen molar-refractivity contribution >= 4 is 23.2 Å². The van der Waals surface area contributed by atoms with Gasteiger partial charge in [0.15, 0.2) is 0 Å². The lowest BCUT2D eigenvalue weighted by Crippen LogP contribution is -2.27. The Morgan fingerprint density at radius 3 is 2.27 bits per heavy atom. The molecule has 4 rings (SSSR count). The molecule has 2 aromatic carbocycles. The summed E-state index contributed by atoms with van der Waals surface area (Å²) >= 11 is 0. The van der Waals surface area contributed by atoms with E-state index in [1.165, 1.54) is 36.4 Å². The predicted molar refractivity (Wildman–Crippen MR) is 115 cm³/mol. The van der Waals surface area contributed by atoms with Crippen LogP contribution in [0.5, 0.6) is 0 Å². The Bertz CT molecular complexity index is 1300. The molecule has 3 N–H and O–H groups in total. The van der Waals surface area contributed by atoms with Crippen LogP contribution in [0.2, 0.25) is 0 Å². The van der Waals surface area contributed by atoms with Crippen LogP contribution in [-0.4, -0.2) is 21.8 Å². The highest BCUT2D eigenvalue weighted by molar-refractivity contribution is 6.07. The van der Waals surface area contributed by atoms with E-state index in [-0.39, 0.29) is 28.4 Å². The molecule has 170 valence electrons. The molecule has 33 heavy (non-hydrogen) atoms. The molecular weight excluding hydrogens is 437 g/mol. The van der Waals surface area contributed by atoms with E-state index in [9.17, 15) is 27.6 Å². The first-order chi connectivity index (χ1) is 15.6.